The largest absolute Gasteiger partial charge is 0.362 e. The highest BCUT2D eigenvalue weighted by Gasteiger charge is 2.13. The van der Waals surface area contributed by atoms with Gasteiger partial charge in [-0.2, -0.15) is 0 Å². The highest BCUT2D eigenvalue weighted by Crippen LogP contribution is 2.17. The summed E-state index contributed by atoms with van der Waals surface area (Å²) in [5.74, 6) is 0. The van der Waals surface area contributed by atoms with E-state index in [1.165, 1.54) is 32.1 Å². The van der Waals surface area contributed by atoms with Crippen molar-refractivity contribution >= 4 is 16.9 Å². The maximum atomic E-state index is 4.17. The number of hydrogen-bond acceptors (Lipinski definition) is 2. The fourth-order valence-corrected chi connectivity index (χ4v) is 2.10. The lowest BCUT2D eigenvalue weighted by molar-refractivity contribution is 0.415. The first-order valence-corrected chi connectivity index (χ1v) is 5.86. The molecule has 0 aromatic heterocycles. The van der Waals surface area contributed by atoms with Crippen molar-refractivity contribution in [2.24, 2.45) is 4.99 Å². The Labute approximate surface area is 79.2 Å². The number of thioether (sulfide) groups is 1. The number of nitrogens with one attached hydrogen (secondary N) is 1. The second kappa shape index (κ2) is 5.46. The molecule has 0 aromatic carbocycles. The van der Waals surface area contributed by atoms with Crippen LogP contribution in [0.15, 0.2) is 4.99 Å². The molecule has 0 unspecified atom stereocenters. The fraction of sp³-hybridized carbons (Fsp3) is 0.889. The number of hydrogen-bond donors (Lipinski definition) is 1. The topological polar surface area (TPSA) is 24.4 Å². The van der Waals surface area contributed by atoms with Crippen LogP contribution in [0.2, 0.25) is 0 Å². The normalized spacial score (nSPS) is 21.0. The number of rotatable bonds is 1. The maximum absolute atomic E-state index is 4.17. The van der Waals surface area contributed by atoms with Crippen molar-refractivity contribution in [1.29, 1.82) is 0 Å². The molecule has 1 N–H and O–H groups in total. The summed E-state index contributed by atoms with van der Waals surface area (Å²) < 4.78 is 0. The molecule has 0 heterocycles. The molecule has 70 valence electrons. The number of aliphatic imine (C=N–C) groups is 1. The van der Waals surface area contributed by atoms with Crippen LogP contribution in [0.1, 0.15) is 32.1 Å². The SMILES string of the molecule is CN=C(NC1CCCCC1)SC. The van der Waals surface area contributed by atoms with Gasteiger partial charge in [0.2, 0.25) is 0 Å². The molecule has 1 rings (SSSR count). The van der Waals surface area contributed by atoms with Crippen molar-refractivity contribution in [2.45, 2.75) is 38.1 Å². The van der Waals surface area contributed by atoms with Gasteiger partial charge in [-0.15, -0.1) is 0 Å². The minimum Gasteiger partial charge on any atom is -0.362 e. The van der Waals surface area contributed by atoms with Crippen molar-refractivity contribution in [3.05, 3.63) is 0 Å². The lowest BCUT2D eigenvalue weighted by Crippen LogP contribution is -2.34. The van der Waals surface area contributed by atoms with Gasteiger partial charge in [-0.3, -0.25) is 4.99 Å². The van der Waals surface area contributed by atoms with E-state index in [1.807, 2.05) is 7.05 Å². The van der Waals surface area contributed by atoms with Crippen LogP contribution in [0.25, 0.3) is 0 Å². The molecule has 1 saturated carbocycles. The van der Waals surface area contributed by atoms with E-state index in [1.54, 1.807) is 11.8 Å². The zero-order valence-electron chi connectivity index (χ0n) is 7.97. The molecule has 2 nitrogen and oxygen atoms in total. The molecule has 3 heteroatoms. The Morgan fingerprint density at radius 1 is 1.33 bits per heavy atom. The first-order valence-electron chi connectivity index (χ1n) is 4.64. The maximum Gasteiger partial charge on any atom is 0.156 e. The van der Waals surface area contributed by atoms with E-state index in [0.717, 1.165) is 5.17 Å². The Bertz CT molecular complexity index is 151. The first kappa shape index (κ1) is 9.90. The highest BCUT2D eigenvalue weighted by atomic mass is 32.2. The van der Waals surface area contributed by atoms with Crippen LogP contribution in [0.5, 0.6) is 0 Å². The van der Waals surface area contributed by atoms with Crippen LogP contribution in [0, 0.1) is 0 Å². The van der Waals surface area contributed by atoms with Gasteiger partial charge in [0.1, 0.15) is 0 Å². The molecule has 12 heavy (non-hydrogen) atoms. The zero-order valence-corrected chi connectivity index (χ0v) is 8.78. The van der Waals surface area contributed by atoms with E-state index in [9.17, 15) is 0 Å². The van der Waals surface area contributed by atoms with Crippen LogP contribution >= 0.6 is 11.8 Å². The third-order valence-electron chi connectivity index (χ3n) is 2.33. The van der Waals surface area contributed by atoms with E-state index in [2.05, 4.69) is 16.6 Å². The van der Waals surface area contributed by atoms with Gasteiger partial charge in [-0.1, -0.05) is 31.0 Å². The molecule has 0 saturated heterocycles. The molecule has 0 radical (unpaired) electrons. The van der Waals surface area contributed by atoms with Gasteiger partial charge < -0.3 is 5.32 Å². The van der Waals surface area contributed by atoms with Gasteiger partial charge in [0.05, 0.1) is 0 Å². The van der Waals surface area contributed by atoms with E-state index in [-0.39, 0.29) is 0 Å². The Hall–Kier alpha value is -0.180. The second-order valence-electron chi connectivity index (χ2n) is 3.21. The minimum atomic E-state index is 0.685. The van der Waals surface area contributed by atoms with Gasteiger partial charge in [-0.25, -0.2) is 0 Å². The van der Waals surface area contributed by atoms with Crippen LogP contribution in [0.4, 0.5) is 0 Å². The second-order valence-corrected chi connectivity index (χ2v) is 4.01. The fourth-order valence-electron chi connectivity index (χ4n) is 1.64. The number of nitrogens with zero attached hydrogens (tertiary/aromatic N) is 1. The van der Waals surface area contributed by atoms with Crippen molar-refractivity contribution in [2.75, 3.05) is 13.3 Å². The summed E-state index contributed by atoms with van der Waals surface area (Å²) in [6.07, 6.45) is 8.87. The summed E-state index contributed by atoms with van der Waals surface area (Å²) in [6.45, 7) is 0. The smallest absolute Gasteiger partial charge is 0.156 e. The van der Waals surface area contributed by atoms with E-state index < -0.39 is 0 Å². The van der Waals surface area contributed by atoms with Crippen LogP contribution in [-0.2, 0) is 0 Å². The summed E-state index contributed by atoms with van der Waals surface area (Å²) in [4.78, 5) is 4.17. The van der Waals surface area contributed by atoms with Gasteiger partial charge in [-0.05, 0) is 19.1 Å². The molecule has 0 amide bonds. The summed E-state index contributed by atoms with van der Waals surface area (Å²) in [5.41, 5.74) is 0. The lowest BCUT2D eigenvalue weighted by Gasteiger charge is -2.23. The molecule has 0 bridgehead atoms. The number of amidine groups is 1. The molecule has 0 aromatic rings. The molecule has 1 aliphatic rings. The molecular formula is C9H18N2S. The Balaban J connectivity index is 2.28. The van der Waals surface area contributed by atoms with Gasteiger partial charge in [0.25, 0.3) is 0 Å². The van der Waals surface area contributed by atoms with Crippen LogP contribution < -0.4 is 5.32 Å². The van der Waals surface area contributed by atoms with Crippen molar-refractivity contribution < 1.29 is 0 Å². The lowest BCUT2D eigenvalue weighted by atomic mass is 9.96. The van der Waals surface area contributed by atoms with E-state index in [4.69, 9.17) is 0 Å². The molecule has 0 aliphatic heterocycles. The Morgan fingerprint density at radius 2 is 2.00 bits per heavy atom. The summed E-state index contributed by atoms with van der Waals surface area (Å²) in [7, 11) is 1.85. The van der Waals surface area contributed by atoms with Gasteiger partial charge in [0, 0.05) is 13.1 Å². The third kappa shape index (κ3) is 3.05. The average molecular weight is 186 g/mol. The zero-order chi connectivity index (χ0) is 8.81. The van der Waals surface area contributed by atoms with Crippen LogP contribution in [0.3, 0.4) is 0 Å². The van der Waals surface area contributed by atoms with Crippen LogP contribution in [-0.4, -0.2) is 24.5 Å². The first-order chi connectivity index (χ1) is 5.86. The van der Waals surface area contributed by atoms with Gasteiger partial charge in [0.15, 0.2) is 5.17 Å². The van der Waals surface area contributed by atoms with Crippen molar-refractivity contribution in [1.82, 2.24) is 5.32 Å². The third-order valence-corrected chi connectivity index (χ3v) is 3.02. The van der Waals surface area contributed by atoms with Crippen molar-refractivity contribution in [3.63, 3.8) is 0 Å². The standard InChI is InChI=1S/C9H18N2S/c1-10-9(12-2)11-8-6-4-3-5-7-8/h8H,3-7H2,1-2H3,(H,10,11). The average Bonchev–Trinajstić information content (AvgIpc) is 2.16. The minimum absolute atomic E-state index is 0.685. The van der Waals surface area contributed by atoms with Gasteiger partial charge >= 0.3 is 0 Å². The predicted molar refractivity (Wildman–Crippen MR) is 56.9 cm³/mol. The molecule has 1 aliphatic carbocycles. The molecule has 0 spiro atoms. The summed E-state index contributed by atoms with van der Waals surface area (Å²) >= 11 is 1.70. The predicted octanol–water partition coefficient (Wildman–Crippen LogP) is 2.26. The Morgan fingerprint density at radius 3 is 2.50 bits per heavy atom. The quantitative estimate of drug-likeness (QED) is 0.502. The summed E-state index contributed by atoms with van der Waals surface area (Å²) in [6, 6.07) is 0.685. The van der Waals surface area contributed by atoms with E-state index >= 15 is 0 Å². The van der Waals surface area contributed by atoms with Crippen molar-refractivity contribution in [3.8, 4) is 0 Å². The molecular weight excluding hydrogens is 168 g/mol. The van der Waals surface area contributed by atoms with E-state index in [0.29, 0.717) is 6.04 Å². The highest BCUT2D eigenvalue weighted by molar-refractivity contribution is 8.13. The summed E-state index contributed by atoms with van der Waals surface area (Å²) in [5, 5.41) is 4.55. The monoisotopic (exact) mass is 186 g/mol. The molecule has 1 fully saturated rings. The Kier molecular flexibility index (Phi) is 4.51. The molecule has 0 atom stereocenters.